The number of nitrogens with zero attached hydrogens (tertiary/aromatic N) is 1. The van der Waals surface area contributed by atoms with Crippen molar-refractivity contribution in [2.45, 2.75) is 4.90 Å². The van der Waals surface area contributed by atoms with E-state index >= 15 is 0 Å². The third-order valence-electron chi connectivity index (χ3n) is 4.51. The molecule has 0 unspecified atom stereocenters. The van der Waals surface area contributed by atoms with E-state index in [0.29, 0.717) is 19.0 Å². The molecule has 10 heteroatoms. The number of sulfonamides is 1. The van der Waals surface area contributed by atoms with Gasteiger partial charge in [-0.05, 0) is 42.5 Å². The van der Waals surface area contributed by atoms with Gasteiger partial charge in [-0.15, -0.1) is 0 Å². The van der Waals surface area contributed by atoms with Gasteiger partial charge in [-0.3, -0.25) is 4.79 Å². The van der Waals surface area contributed by atoms with Gasteiger partial charge in [0.05, 0.1) is 42.3 Å². The van der Waals surface area contributed by atoms with Crippen LogP contribution in [0.2, 0.25) is 5.02 Å². The number of carbonyl (C=O) groups excluding carboxylic acids is 1. The molecule has 2 aromatic rings. The van der Waals surface area contributed by atoms with Crippen LogP contribution < -0.4 is 14.8 Å². The number of nitrogens with one attached hydrogen (secondary N) is 1. The first-order chi connectivity index (χ1) is 14.4. The molecule has 0 aliphatic carbocycles. The number of amides is 1. The molecule has 162 valence electrons. The van der Waals surface area contributed by atoms with E-state index in [4.69, 9.17) is 25.8 Å². The molecule has 1 saturated heterocycles. The molecule has 3 rings (SSSR count). The summed E-state index contributed by atoms with van der Waals surface area (Å²) in [6, 6.07) is 11.2. The normalized spacial score (nSPS) is 14.9. The maximum Gasteiger partial charge on any atom is 0.252 e. The smallest absolute Gasteiger partial charge is 0.252 e. The molecular formula is C20H23ClN2O6S. The summed E-state index contributed by atoms with van der Waals surface area (Å²) in [7, 11) is -2.14. The highest BCUT2D eigenvalue weighted by Gasteiger charge is 2.27. The second-order valence-electron chi connectivity index (χ2n) is 6.44. The Morgan fingerprint density at radius 1 is 1.13 bits per heavy atom. The summed E-state index contributed by atoms with van der Waals surface area (Å²) >= 11 is 6.13. The number of hydrogen-bond donors (Lipinski definition) is 1. The lowest BCUT2D eigenvalue weighted by Gasteiger charge is -2.26. The molecule has 1 aliphatic heterocycles. The highest BCUT2D eigenvalue weighted by atomic mass is 35.5. The van der Waals surface area contributed by atoms with Crippen LogP contribution >= 0.6 is 11.6 Å². The Kier molecular flexibility index (Phi) is 7.54. The zero-order chi connectivity index (χ0) is 21.6. The largest absolute Gasteiger partial charge is 0.497 e. The van der Waals surface area contributed by atoms with Crippen molar-refractivity contribution in [3.63, 3.8) is 0 Å². The van der Waals surface area contributed by atoms with Gasteiger partial charge >= 0.3 is 0 Å². The molecule has 0 saturated carbocycles. The number of benzene rings is 2. The van der Waals surface area contributed by atoms with Crippen molar-refractivity contribution in [3.8, 4) is 11.5 Å². The third-order valence-corrected chi connectivity index (χ3v) is 6.73. The van der Waals surface area contributed by atoms with Gasteiger partial charge in [0.2, 0.25) is 10.0 Å². The van der Waals surface area contributed by atoms with E-state index in [1.807, 2.05) is 0 Å². The van der Waals surface area contributed by atoms with E-state index in [9.17, 15) is 13.2 Å². The standard InChI is InChI=1S/C20H23ClN2O6S/c1-27-15-2-4-16(5-3-15)29-11-8-22-20(24)18-14-17(6-7-19(18)21)30(25,26)23-9-12-28-13-10-23/h2-7,14H,8-13H2,1H3,(H,22,24). The number of ether oxygens (including phenoxy) is 3. The lowest BCUT2D eigenvalue weighted by atomic mass is 10.2. The lowest BCUT2D eigenvalue weighted by Crippen LogP contribution is -2.40. The Balaban J connectivity index is 1.60. The van der Waals surface area contributed by atoms with Crippen molar-refractivity contribution in [3.05, 3.63) is 53.1 Å². The first kappa shape index (κ1) is 22.4. The Bertz CT molecular complexity index is 975. The van der Waals surface area contributed by atoms with Gasteiger partial charge in [-0.2, -0.15) is 4.31 Å². The number of rotatable bonds is 8. The fraction of sp³-hybridized carbons (Fsp3) is 0.350. The predicted molar refractivity (Wildman–Crippen MR) is 112 cm³/mol. The van der Waals surface area contributed by atoms with E-state index < -0.39 is 15.9 Å². The maximum atomic E-state index is 12.8. The van der Waals surface area contributed by atoms with E-state index in [-0.39, 0.29) is 41.7 Å². The number of methoxy groups -OCH3 is 1. The number of hydrogen-bond acceptors (Lipinski definition) is 6. The summed E-state index contributed by atoms with van der Waals surface area (Å²) in [5.41, 5.74) is 0.0930. The Hall–Kier alpha value is -2.33. The van der Waals surface area contributed by atoms with Crippen molar-refractivity contribution in [2.75, 3.05) is 46.6 Å². The van der Waals surface area contributed by atoms with Gasteiger partial charge in [-0.1, -0.05) is 11.6 Å². The molecule has 0 atom stereocenters. The van der Waals surface area contributed by atoms with Crippen LogP contribution in [0.25, 0.3) is 0 Å². The molecule has 0 spiro atoms. The zero-order valence-corrected chi connectivity index (χ0v) is 18.0. The molecule has 8 nitrogen and oxygen atoms in total. The van der Waals surface area contributed by atoms with Crippen molar-refractivity contribution in [2.24, 2.45) is 0 Å². The Morgan fingerprint density at radius 2 is 1.80 bits per heavy atom. The van der Waals surface area contributed by atoms with Crippen molar-refractivity contribution < 1.29 is 27.4 Å². The van der Waals surface area contributed by atoms with Gasteiger partial charge in [0.1, 0.15) is 18.1 Å². The third kappa shape index (κ3) is 5.42. The molecule has 0 radical (unpaired) electrons. The second-order valence-corrected chi connectivity index (χ2v) is 8.78. The first-order valence-electron chi connectivity index (χ1n) is 9.34. The monoisotopic (exact) mass is 454 g/mol. The van der Waals surface area contributed by atoms with Gasteiger partial charge in [0.15, 0.2) is 0 Å². The topological polar surface area (TPSA) is 94.2 Å². The molecule has 1 N–H and O–H groups in total. The van der Waals surface area contributed by atoms with Crippen LogP contribution in [0.15, 0.2) is 47.4 Å². The Labute approximate surface area is 180 Å². The molecule has 0 bridgehead atoms. The molecular weight excluding hydrogens is 432 g/mol. The summed E-state index contributed by atoms with van der Waals surface area (Å²) in [6.07, 6.45) is 0. The van der Waals surface area contributed by atoms with E-state index in [0.717, 1.165) is 5.75 Å². The van der Waals surface area contributed by atoms with Crippen LogP contribution in [-0.2, 0) is 14.8 Å². The highest BCUT2D eigenvalue weighted by molar-refractivity contribution is 7.89. The maximum absolute atomic E-state index is 12.8. The molecule has 2 aromatic carbocycles. The van der Waals surface area contributed by atoms with Crippen molar-refractivity contribution >= 4 is 27.5 Å². The minimum atomic E-state index is -3.72. The summed E-state index contributed by atoms with van der Waals surface area (Å²) in [5.74, 6) is 0.885. The quantitative estimate of drug-likeness (QED) is 0.614. The highest BCUT2D eigenvalue weighted by Crippen LogP contribution is 2.23. The van der Waals surface area contributed by atoms with Crippen LogP contribution in [0.5, 0.6) is 11.5 Å². The minimum absolute atomic E-state index is 0.0217. The molecule has 0 aromatic heterocycles. The Morgan fingerprint density at radius 3 is 2.47 bits per heavy atom. The second kappa shape index (κ2) is 10.1. The molecule has 1 aliphatic rings. The van der Waals surface area contributed by atoms with Crippen LogP contribution in [0.3, 0.4) is 0 Å². The number of carbonyl (C=O) groups is 1. The fourth-order valence-corrected chi connectivity index (χ4v) is 4.51. The van der Waals surface area contributed by atoms with E-state index in [1.54, 1.807) is 31.4 Å². The summed E-state index contributed by atoms with van der Waals surface area (Å²) in [4.78, 5) is 12.5. The first-order valence-corrected chi connectivity index (χ1v) is 11.2. The minimum Gasteiger partial charge on any atom is -0.497 e. The van der Waals surface area contributed by atoms with Crippen LogP contribution in [0.4, 0.5) is 0 Å². The summed E-state index contributed by atoms with van der Waals surface area (Å²) in [5, 5.41) is 2.86. The average molecular weight is 455 g/mol. The molecule has 1 heterocycles. The van der Waals surface area contributed by atoms with Gasteiger partial charge < -0.3 is 19.5 Å². The fourth-order valence-electron chi connectivity index (χ4n) is 2.88. The van der Waals surface area contributed by atoms with E-state index in [1.165, 1.54) is 22.5 Å². The van der Waals surface area contributed by atoms with Crippen LogP contribution in [0.1, 0.15) is 10.4 Å². The SMILES string of the molecule is COc1ccc(OCCNC(=O)c2cc(S(=O)(=O)N3CCOCC3)ccc2Cl)cc1. The molecule has 1 amide bonds. The molecule has 1 fully saturated rings. The molecule has 30 heavy (non-hydrogen) atoms. The van der Waals surface area contributed by atoms with Gasteiger partial charge in [-0.25, -0.2) is 8.42 Å². The number of halogens is 1. The van der Waals surface area contributed by atoms with Crippen LogP contribution in [-0.4, -0.2) is 65.2 Å². The summed E-state index contributed by atoms with van der Waals surface area (Å²) in [6.45, 7) is 1.69. The van der Waals surface area contributed by atoms with Crippen molar-refractivity contribution in [1.82, 2.24) is 9.62 Å². The number of morpholine rings is 1. The summed E-state index contributed by atoms with van der Waals surface area (Å²) < 4.78 is 42.8. The zero-order valence-electron chi connectivity index (χ0n) is 16.5. The predicted octanol–water partition coefficient (Wildman–Crippen LogP) is 2.18. The van der Waals surface area contributed by atoms with Crippen LogP contribution in [0, 0.1) is 0 Å². The van der Waals surface area contributed by atoms with E-state index in [2.05, 4.69) is 5.32 Å². The van der Waals surface area contributed by atoms with Gasteiger partial charge in [0, 0.05) is 13.1 Å². The lowest BCUT2D eigenvalue weighted by molar-refractivity contribution is 0.0730. The van der Waals surface area contributed by atoms with Crippen molar-refractivity contribution in [1.29, 1.82) is 0 Å². The van der Waals surface area contributed by atoms with Gasteiger partial charge in [0.25, 0.3) is 5.91 Å². The average Bonchev–Trinajstić information content (AvgIpc) is 2.77.